The average molecular weight is 456 g/mol. The SMILES string of the molecule is COCCn1c(SCC(=O)NC(C)C23CC4CC(CC(C4)C2)C3)nnc1-c1ccncc1. The van der Waals surface area contributed by atoms with Crippen LogP contribution in [-0.4, -0.2) is 51.2 Å². The third-order valence-electron chi connectivity index (χ3n) is 7.89. The second kappa shape index (κ2) is 9.14. The zero-order valence-electron chi connectivity index (χ0n) is 19.0. The zero-order valence-corrected chi connectivity index (χ0v) is 19.8. The summed E-state index contributed by atoms with van der Waals surface area (Å²) in [6.07, 6.45) is 11.7. The molecule has 2 heterocycles. The van der Waals surface area contributed by atoms with Crippen molar-refractivity contribution in [1.82, 2.24) is 25.1 Å². The lowest BCUT2D eigenvalue weighted by Crippen LogP contribution is -2.56. The van der Waals surface area contributed by atoms with Crippen LogP contribution >= 0.6 is 11.8 Å². The Morgan fingerprint density at radius 2 is 1.84 bits per heavy atom. The van der Waals surface area contributed by atoms with Crippen molar-refractivity contribution >= 4 is 17.7 Å². The number of carbonyl (C=O) groups is 1. The Kier molecular flexibility index (Phi) is 6.25. The standard InChI is InChI=1S/C24H33N5O2S/c1-16(24-12-17-9-18(13-24)11-19(10-17)14-24)26-21(30)15-32-23-28-27-22(29(23)7-8-31-2)20-3-5-25-6-4-20/h3-6,16-19H,7-15H2,1-2H3,(H,26,30). The summed E-state index contributed by atoms with van der Waals surface area (Å²) in [5.74, 6) is 3.88. The molecule has 0 spiro atoms. The van der Waals surface area contributed by atoms with Crippen LogP contribution in [0.3, 0.4) is 0 Å². The largest absolute Gasteiger partial charge is 0.383 e. The minimum atomic E-state index is 0.0880. The molecule has 0 radical (unpaired) electrons. The minimum Gasteiger partial charge on any atom is -0.383 e. The molecule has 0 aromatic carbocycles. The van der Waals surface area contributed by atoms with Crippen molar-refractivity contribution in [2.75, 3.05) is 19.5 Å². The summed E-state index contributed by atoms with van der Waals surface area (Å²) in [7, 11) is 1.68. The highest BCUT2D eigenvalue weighted by atomic mass is 32.2. The lowest BCUT2D eigenvalue weighted by atomic mass is 9.48. The lowest BCUT2D eigenvalue weighted by molar-refractivity contribution is -0.123. The molecule has 4 aliphatic carbocycles. The number of aromatic nitrogens is 4. The normalized spacial score (nSPS) is 29.2. The van der Waals surface area contributed by atoms with Gasteiger partial charge < -0.3 is 10.1 Å². The summed E-state index contributed by atoms with van der Waals surface area (Å²) in [4.78, 5) is 17.0. The number of hydrogen-bond donors (Lipinski definition) is 1. The molecule has 4 saturated carbocycles. The molecule has 4 fully saturated rings. The summed E-state index contributed by atoms with van der Waals surface area (Å²) >= 11 is 1.45. The Bertz CT molecular complexity index is 912. The molecule has 0 aliphatic heterocycles. The van der Waals surface area contributed by atoms with Crippen LogP contribution in [0.2, 0.25) is 0 Å². The van der Waals surface area contributed by atoms with Gasteiger partial charge in [-0.05, 0) is 80.8 Å². The first-order valence-electron chi connectivity index (χ1n) is 11.8. The number of pyridine rings is 1. The highest BCUT2D eigenvalue weighted by Crippen LogP contribution is 2.61. The third kappa shape index (κ3) is 4.31. The van der Waals surface area contributed by atoms with E-state index in [1.54, 1.807) is 19.5 Å². The average Bonchev–Trinajstić information content (AvgIpc) is 3.18. The number of carbonyl (C=O) groups excluding carboxylic acids is 1. The zero-order chi connectivity index (χ0) is 22.1. The molecular formula is C24H33N5O2S. The number of methoxy groups -OCH3 is 1. The van der Waals surface area contributed by atoms with E-state index in [1.165, 1.54) is 50.3 Å². The fourth-order valence-electron chi connectivity index (χ4n) is 6.77. The van der Waals surface area contributed by atoms with Crippen molar-refractivity contribution in [2.24, 2.45) is 23.2 Å². The van der Waals surface area contributed by atoms with E-state index in [9.17, 15) is 4.79 Å². The summed E-state index contributed by atoms with van der Waals surface area (Å²) in [5.41, 5.74) is 1.28. The van der Waals surface area contributed by atoms with Gasteiger partial charge in [-0.3, -0.25) is 14.3 Å². The van der Waals surface area contributed by atoms with Crippen molar-refractivity contribution in [3.8, 4) is 11.4 Å². The van der Waals surface area contributed by atoms with Gasteiger partial charge in [0.25, 0.3) is 0 Å². The van der Waals surface area contributed by atoms with E-state index in [0.29, 0.717) is 24.3 Å². The molecule has 4 bridgehead atoms. The topological polar surface area (TPSA) is 81.9 Å². The molecule has 6 rings (SSSR count). The Hall–Kier alpha value is -1.93. The first-order valence-corrected chi connectivity index (χ1v) is 12.8. The molecule has 32 heavy (non-hydrogen) atoms. The highest BCUT2D eigenvalue weighted by molar-refractivity contribution is 7.99. The van der Waals surface area contributed by atoms with Gasteiger partial charge in [-0.25, -0.2) is 0 Å². The number of nitrogens with one attached hydrogen (secondary N) is 1. The predicted octanol–water partition coefficient (Wildman–Crippen LogP) is 3.80. The maximum atomic E-state index is 12.9. The summed E-state index contributed by atoms with van der Waals surface area (Å²) in [6, 6.07) is 4.08. The Morgan fingerprint density at radius 3 is 2.47 bits per heavy atom. The van der Waals surface area contributed by atoms with Gasteiger partial charge >= 0.3 is 0 Å². The van der Waals surface area contributed by atoms with Crippen LogP contribution in [0.15, 0.2) is 29.7 Å². The molecule has 0 saturated heterocycles. The van der Waals surface area contributed by atoms with Gasteiger partial charge in [0.2, 0.25) is 5.91 Å². The number of nitrogens with zero attached hydrogens (tertiary/aromatic N) is 4. The van der Waals surface area contributed by atoms with Gasteiger partial charge in [0.1, 0.15) is 0 Å². The minimum absolute atomic E-state index is 0.0880. The van der Waals surface area contributed by atoms with Crippen LogP contribution < -0.4 is 5.32 Å². The van der Waals surface area contributed by atoms with E-state index in [4.69, 9.17) is 4.74 Å². The van der Waals surface area contributed by atoms with Crippen molar-refractivity contribution < 1.29 is 9.53 Å². The number of amides is 1. The molecule has 172 valence electrons. The highest BCUT2D eigenvalue weighted by Gasteiger charge is 2.53. The van der Waals surface area contributed by atoms with Crippen LogP contribution in [-0.2, 0) is 16.1 Å². The van der Waals surface area contributed by atoms with E-state index in [2.05, 4.69) is 27.4 Å². The van der Waals surface area contributed by atoms with Crippen LogP contribution in [0.4, 0.5) is 0 Å². The van der Waals surface area contributed by atoms with E-state index < -0.39 is 0 Å². The Morgan fingerprint density at radius 1 is 1.19 bits per heavy atom. The van der Waals surface area contributed by atoms with E-state index in [-0.39, 0.29) is 11.9 Å². The molecule has 2 aromatic rings. The van der Waals surface area contributed by atoms with Crippen molar-refractivity contribution in [1.29, 1.82) is 0 Å². The van der Waals surface area contributed by atoms with Crippen LogP contribution in [0, 0.1) is 23.2 Å². The molecule has 1 N–H and O–H groups in total. The maximum Gasteiger partial charge on any atom is 0.230 e. The van der Waals surface area contributed by atoms with Crippen molar-refractivity contribution in [3.63, 3.8) is 0 Å². The Labute approximate surface area is 194 Å². The fourth-order valence-corrected chi connectivity index (χ4v) is 7.54. The van der Waals surface area contributed by atoms with Gasteiger partial charge in [0, 0.05) is 31.1 Å². The van der Waals surface area contributed by atoms with Crippen LogP contribution in [0.5, 0.6) is 0 Å². The van der Waals surface area contributed by atoms with E-state index in [0.717, 1.165) is 34.3 Å². The summed E-state index contributed by atoms with van der Waals surface area (Å²) in [5, 5.41) is 12.9. The van der Waals surface area contributed by atoms with Crippen molar-refractivity contribution in [2.45, 2.75) is 63.2 Å². The number of hydrogen-bond acceptors (Lipinski definition) is 6. The van der Waals surface area contributed by atoms with Gasteiger partial charge in [-0.15, -0.1) is 10.2 Å². The van der Waals surface area contributed by atoms with Crippen LogP contribution in [0.25, 0.3) is 11.4 Å². The van der Waals surface area contributed by atoms with Gasteiger partial charge in [0.15, 0.2) is 11.0 Å². The second-order valence-corrected chi connectivity index (χ2v) is 11.0. The molecule has 4 aliphatic rings. The van der Waals surface area contributed by atoms with E-state index >= 15 is 0 Å². The second-order valence-electron chi connectivity index (χ2n) is 10.0. The van der Waals surface area contributed by atoms with Gasteiger partial charge in [-0.1, -0.05) is 11.8 Å². The molecule has 7 nitrogen and oxygen atoms in total. The molecule has 1 unspecified atom stereocenters. The molecule has 1 amide bonds. The monoisotopic (exact) mass is 455 g/mol. The van der Waals surface area contributed by atoms with E-state index in [1.807, 2.05) is 16.7 Å². The number of rotatable bonds is 9. The third-order valence-corrected chi connectivity index (χ3v) is 8.86. The van der Waals surface area contributed by atoms with Gasteiger partial charge in [0.05, 0.1) is 18.9 Å². The van der Waals surface area contributed by atoms with Crippen LogP contribution in [0.1, 0.15) is 45.4 Å². The summed E-state index contributed by atoms with van der Waals surface area (Å²) in [6.45, 7) is 3.42. The first-order chi connectivity index (χ1) is 15.6. The molecule has 2 aromatic heterocycles. The predicted molar refractivity (Wildman–Crippen MR) is 124 cm³/mol. The molecular weight excluding hydrogens is 422 g/mol. The quantitative estimate of drug-likeness (QED) is 0.579. The summed E-state index contributed by atoms with van der Waals surface area (Å²) < 4.78 is 7.31. The Balaban J connectivity index is 1.23. The number of thioether (sulfide) groups is 1. The first kappa shape index (κ1) is 21.9. The fraction of sp³-hybridized carbons (Fsp3) is 0.667. The smallest absolute Gasteiger partial charge is 0.230 e. The van der Waals surface area contributed by atoms with Gasteiger partial charge in [-0.2, -0.15) is 0 Å². The lowest BCUT2D eigenvalue weighted by Gasteiger charge is -2.59. The molecule has 8 heteroatoms. The maximum absolute atomic E-state index is 12.9. The van der Waals surface area contributed by atoms with Crippen molar-refractivity contribution in [3.05, 3.63) is 24.5 Å². The number of ether oxygens (including phenoxy) is 1. The molecule has 1 atom stereocenters.